The number of amides is 1. The smallest absolute Gasteiger partial charge is 0.324 e. The molecule has 1 atom stereocenters. The highest BCUT2D eigenvalue weighted by Gasteiger charge is 2.38. The second-order valence-corrected chi connectivity index (χ2v) is 8.29. The van der Waals surface area contributed by atoms with Crippen LogP contribution in [0.2, 0.25) is 0 Å². The van der Waals surface area contributed by atoms with Crippen LogP contribution in [0.4, 0.5) is 0 Å². The standard InChI is InChI=1S/C18H26N2O5S/c1-3-11-19-17(21)13-25-18(22)16-6-4-5-12-20(16)26(23,24)15-9-7-14(2)8-10-15/h7-10,16H,3-6,11-13H2,1-2H3,(H,19,21). The van der Waals surface area contributed by atoms with Crippen LogP contribution in [0.15, 0.2) is 29.2 Å². The molecular weight excluding hydrogens is 356 g/mol. The average Bonchev–Trinajstić information content (AvgIpc) is 2.64. The topological polar surface area (TPSA) is 92.8 Å². The second kappa shape index (κ2) is 9.14. The van der Waals surface area contributed by atoms with E-state index in [9.17, 15) is 18.0 Å². The summed E-state index contributed by atoms with van der Waals surface area (Å²) in [5.41, 5.74) is 0.955. The lowest BCUT2D eigenvalue weighted by Crippen LogP contribution is -2.49. The first-order valence-corrected chi connectivity index (χ1v) is 10.3. The van der Waals surface area contributed by atoms with Crippen LogP contribution in [0, 0.1) is 6.92 Å². The highest BCUT2D eigenvalue weighted by Crippen LogP contribution is 2.26. The van der Waals surface area contributed by atoms with Gasteiger partial charge in [-0.05, 0) is 44.7 Å². The number of benzene rings is 1. The maximum Gasteiger partial charge on any atom is 0.324 e. The molecule has 1 heterocycles. The van der Waals surface area contributed by atoms with Gasteiger partial charge in [-0.3, -0.25) is 9.59 Å². The number of piperidine rings is 1. The lowest BCUT2D eigenvalue weighted by molar-refractivity contribution is -0.153. The van der Waals surface area contributed by atoms with E-state index in [1.807, 2.05) is 13.8 Å². The number of carbonyl (C=O) groups is 2. The van der Waals surface area contributed by atoms with Gasteiger partial charge in [-0.1, -0.05) is 24.6 Å². The molecule has 1 aliphatic rings. The van der Waals surface area contributed by atoms with Crippen LogP contribution in [0.25, 0.3) is 0 Å². The van der Waals surface area contributed by atoms with E-state index in [0.29, 0.717) is 19.4 Å². The minimum atomic E-state index is -3.79. The van der Waals surface area contributed by atoms with Crippen molar-refractivity contribution in [2.75, 3.05) is 19.7 Å². The Balaban J connectivity index is 2.10. The van der Waals surface area contributed by atoms with Gasteiger partial charge in [-0.15, -0.1) is 0 Å². The molecule has 8 heteroatoms. The van der Waals surface area contributed by atoms with Crippen molar-refractivity contribution in [3.05, 3.63) is 29.8 Å². The number of hydrogen-bond donors (Lipinski definition) is 1. The molecule has 0 spiro atoms. The van der Waals surface area contributed by atoms with Crippen LogP contribution < -0.4 is 5.32 Å². The molecule has 1 fully saturated rings. The fourth-order valence-electron chi connectivity index (χ4n) is 2.82. The van der Waals surface area contributed by atoms with E-state index in [-0.39, 0.29) is 17.3 Å². The predicted molar refractivity (Wildman–Crippen MR) is 97.0 cm³/mol. The van der Waals surface area contributed by atoms with Crippen LogP contribution in [0.1, 0.15) is 38.2 Å². The van der Waals surface area contributed by atoms with Crippen LogP contribution >= 0.6 is 0 Å². The molecule has 0 radical (unpaired) electrons. The maximum atomic E-state index is 12.9. The molecule has 0 bridgehead atoms. The number of sulfonamides is 1. The van der Waals surface area contributed by atoms with Gasteiger partial charge in [0.2, 0.25) is 10.0 Å². The van der Waals surface area contributed by atoms with Gasteiger partial charge in [0.25, 0.3) is 5.91 Å². The summed E-state index contributed by atoms with van der Waals surface area (Å²) in [7, 11) is -3.79. The molecule has 1 amide bonds. The number of aryl methyl sites for hydroxylation is 1. The Morgan fingerprint density at radius 2 is 1.92 bits per heavy atom. The van der Waals surface area contributed by atoms with Gasteiger partial charge in [0.1, 0.15) is 6.04 Å². The van der Waals surface area contributed by atoms with Crippen LogP contribution in [-0.2, 0) is 24.3 Å². The van der Waals surface area contributed by atoms with E-state index in [0.717, 1.165) is 18.4 Å². The first-order valence-electron chi connectivity index (χ1n) is 8.88. The van der Waals surface area contributed by atoms with E-state index in [2.05, 4.69) is 5.32 Å². The molecular formula is C18H26N2O5S. The van der Waals surface area contributed by atoms with Crippen molar-refractivity contribution in [1.29, 1.82) is 0 Å². The molecule has 1 aliphatic heterocycles. The minimum absolute atomic E-state index is 0.156. The molecule has 1 aromatic carbocycles. The first-order chi connectivity index (χ1) is 12.4. The number of nitrogens with zero attached hydrogens (tertiary/aromatic N) is 1. The fourth-order valence-corrected chi connectivity index (χ4v) is 4.47. The largest absolute Gasteiger partial charge is 0.454 e. The van der Waals surface area contributed by atoms with Gasteiger partial charge in [0.15, 0.2) is 6.61 Å². The van der Waals surface area contributed by atoms with Gasteiger partial charge < -0.3 is 10.1 Å². The highest BCUT2D eigenvalue weighted by molar-refractivity contribution is 7.89. The SMILES string of the molecule is CCCNC(=O)COC(=O)C1CCCCN1S(=O)(=O)c1ccc(C)cc1. The van der Waals surface area contributed by atoms with Gasteiger partial charge in [0.05, 0.1) is 4.90 Å². The number of ether oxygens (including phenoxy) is 1. The molecule has 1 aromatic rings. The third kappa shape index (κ3) is 5.04. The Morgan fingerprint density at radius 1 is 1.23 bits per heavy atom. The number of hydrogen-bond acceptors (Lipinski definition) is 5. The maximum absolute atomic E-state index is 12.9. The lowest BCUT2D eigenvalue weighted by Gasteiger charge is -2.33. The van der Waals surface area contributed by atoms with E-state index >= 15 is 0 Å². The molecule has 1 N–H and O–H groups in total. The van der Waals surface area contributed by atoms with Gasteiger partial charge in [-0.25, -0.2) is 8.42 Å². The van der Waals surface area contributed by atoms with Crippen molar-refractivity contribution >= 4 is 21.9 Å². The summed E-state index contributed by atoms with van der Waals surface area (Å²) in [6.07, 6.45) is 2.60. The van der Waals surface area contributed by atoms with Crippen LogP contribution in [-0.4, -0.2) is 50.3 Å². The summed E-state index contributed by atoms with van der Waals surface area (Å²) >= 11 is 0. The number of carbonyl (C=O) groups excluding carboxylic acids is 2. The Morgan fingerprint density at radius 3 is 2.58 bits per heavy atom. The number of esters is 1. The molecule has 1 unspecified atom stereocenters. The minimum Gasteiger partial charge on any atom is -0.454 e. The van der Waals surface area contributed by atoms with Crippen LogP contribution in [0.5, 0.6) is 0 Å². The molecule has 144 valence electrons. The summed E-state index contributed by atoms with van der Waals surface area (Å²) in [6.45, 7) is 4.17. The monoisotopic (exact) mass is 382 g/mol. The first kappa shape index (κ1) is 20.4. The summed E-state index contributed by atoms with van der Waals surface area (Å²) in [5.74, 6) is -1.06. The molecule has 7 nitrogen and oxygen atoms in total. The van der Waals surface area contributed by atoms with Crippen molar-refractivity contribution in [2.24, 2.45) is 0 Å². The van der Waals surface area contributed by atoms with Gasteiger partial charge >= 0.3 is 5.97 Å². The molecule has 1 saturated heterocycles. The molecule has 26 heavy (non-hydrogen) atoms. The van der Waals surface area contributed by atoms with Crippen LogP contribution in [0.3, 0.4) is 0 Å². The van der Waals surface area contributed by atoms with Crippen molar-refractivity contribution in [2.45, 2.75) is 50.5 Å². The number of rotatable bonds is 7. The molecule has 0 aromatic heterocycles. The Labute approximate surface area is 154 Å². The van der Waals surface area contributed by atoms with Gasteiger partial charge in [-0.2, -0.15) is 4.31 Å². The zero-order chi connectivity index (χ0) is 19.2. The lowest BCUT2D eigenvalue weighted by atomic mass is 10.1. The fraction of sp³-hybridized carbons (Fsp3) is 0.556. The molecule has 2 rings (SSSR count). The summed E-state index contributed by atoms with van der Waals surface area (Å²) in [4.78, 5) is 24.2. The van der Waals surface area contributed by atoms with E-state index < -0.39 is 28.6 Å². The van der Waals surface area contributed by atoms with E-state index in [4.69, 9.17) is 4.74 Å². The molecule has 0 aliphatic carbocycles. The number of nitrogens with one attached hydrogen (secondary N) is 1. The molecule has 0 saturated carbocycles. The highest BCUT2D eigenvalue weighted by atomic mass is 32.2. The van der Waals surface area contributed by atoms with Crippen molar-refractivity contribution in [1.82, 2.24) is 9.62 Å². The third-order valence-electron chi connectivity index (χ3n) is 4.27. The Hall–Kier alpha value is -1.93. The zero-order valence-electron chi connectivity index (χ0n) is 15.2. The van der Waals surface area contributed by atoms with Crippen molar-refractivity contribution in [3.63, 3.8) is 0 Å². The van der Waals surface area contributed by atoms with Gasteiger partial charge in [0, 0.05) is 13.1 Å². The predicted octanol–water partition coefficient (Wildman–Crippen LogP) is 1.61. The van der Waals surface area contributed by atoms with E-state index in [1.54, 1.807) is 24.3 Å². The third-order valence-corrected chi connectivity index (χ3v) is 6.19. The second-order valence-electron chi connectivity index (χ2n) is 6.40. The zero-order valence-corrected chi connectivity index (χ0v) is 16.0. The van der Waals surface area contributed by atoms with Crippen molar-refractivity contribution < 1.29 is 22.7 Å². The summed E-state index contributed by atoms with van der Waals surface area (Å²) in [5, 5.41) is 2.62. The summed E-state index contributed by atoms with van der Waals surface area (Å²) < 4.78 is 32.1. The summed E-state index contributed by atoms with van der Waals surface area (Å²) in [6, 6.07) is 5.64. The quantitative estimate of drug-likeness (QED) is 0.723. The normalized spacial score (nSPS) is 18.3. The van der Waals surface area contributed by atoms with E-state index in [1.165, 1.54) is 4.31 Å². The Kier molecular flexibility index (Phi) is 7.16. The average molecular weight is 382 g/mol. The van der Waals surface area contributed by atoms with Crippen molar-refractivity contribution in [3.8, 4) is 0 Å². The Bertz CT molecular complexity index is 730.